The Morgan fingerprint density at radius 2 is 2.29 bits per heavy atom. The van der Waals surface area contributed by atoms with Crippen LogP contribution in [-0.4, -0.2) is 24.5 Å². The fourth-order valence-corrected chi connectivity index (χ4v) is 2.39. The lowest BCUT2D eigenvalue weighted by molar-refractivity contribution is 0.567. The van der Waals surface area contributed by atoms with Crippen LogP contribution in [-0.2, 0) is 17.1 Å². The van der Waals surface area contributed by atoms with Gasteiger partial charge < -0.3 is 4.57 Å². The van der Waals surface area contributed by atoms with E-state index in [1.165, 1.54) is 0 Å². The van der Waals surface area contributed by atoms with Crippen molar-refractivity contribution in [2.75, 3.05) is 6.54 Å². The highest BCUT2D eigenvalue weighted by molar-refractivity contribution is 7.89. The number of aromatic nitrogens is 2. The minimum absolute atomic E-state index is 0.400. The molecule has 6 heteroatoms. The molecule has 0 saturated carbocycles. The summed E-state index contributed by atoms with van der Waals surface area (Å²) in [5, 5.41) is -0.623. The molecule has 0 aliphatic rings. The summed E-state index contributed by atoms with van der Waals surface area (Å²) in [6.07, 6.45) is 3.32. The van der Waals surface area contributed by atoms with Crippen molar-refractivity contribution in [3.8, 4) is 0 Å². The molecule has 0 aliphatic heterocycles. The van der Waals surface area contributed by atoms with Crippen molar-refractivity contribution in [2.45, 2.75) is 19.1 Å². The van der Waals surface area contributed by atoms with Gasteiger partial charge in [-0.25, -0.2) is 18.1 Å². The first-order valence-corrected chi connectivity index (χ1v) is 5.99. The van der Waals surface area contributed by atoms with Crippen molar-refractivity contribution in [1.82, 2.24) is 14.3 Å². The number of rotatable bonds is 4. The third kappa shape index (κ3) is 2.13. The fraction of sp³-hybridized carbons (Fsp3) is 0.625. The minimum atomic E-state index is -3.29. The molecule has 80 valence electrons. The van der Waals surface area contributed by atoms with Gasteiger partial charge in [-0.3, -0.25) is 0 Å². The van der Waals surface area contributed by atoms with Gasteiger partial charge in [0.2, 0.25) is 10.0 Å². The van der Waals surface area contributed by atoms with Gasteiger partial charge in [-0.1, -0.05) is 6.92 Å². The topological polar surface area (TPSA) is 64.0 Å². The van der Waals surface area contributed by atoms with E-state index in [4.69, 9.17) is 0 Å². The molecule has 5 nitrogen and oxygen atoms in total. The van der Waals surface area contributed by atoms with E-state index in [0.29, 0.717) is 12.4 Å². The van der Waals surface area contributed by atoms with Gasteiger partial charge >= 0.3 is 0 Å². The summed E-state index contributed by atoms with van der Waals surface area (Å²) < 4.78 is 27.4. The molecule has 0 aliphatic carbocycles. The molecule has 0 spiro atoms. The molecule has 1 atom stereocenters. The van der Waals surface area contributed by atoms with Gasteiger partial charge in [0.05, 0.1) is 0 Å². The molecule has 1 heterocycles. The van der Waals surface area contributed by atoms with E-state index >= 15 is 0 Å². The number of imidazole rings is 1. The molecular formula is C8H15N3O2S. The molecule has 0 fully saturated rings. The molecule has 0 amide bonds. The summed E-state index contributed by atoms with van der Waals surface area (Å²) in [6.45, 7) is 3.78. The zero-order chi connectivity index (χ0) is 10.8. The number of nitrogens with zero attached hydrogens (tertiary/aromatic N) is 2. The van der Waals surface area contributed by atoms with Crippen LogP contribution in [0.2, 0.25) is 0 Å². The first kappa shape index (κ1) is 11.2. The van der Waals surface area contributed by atoms with E-state index < -0.39 is 15.3 Å². The highest BCUT2D eigenvalue weighted by Gasteiger charge is 2.24. The molecule has 0 bridgehead atoms. The van der Waals surface area contributed by atoms with Gasteiger partial charge in [0.15, 0.2) is 0 Å². The van der Waals surface area contributed by atoms with E-state index in [1.807, 2.05) is 0 Å². The van der Waals surface area contributed by atoms with Gasteiger partial charge in [-0.2, -0.15) is 0 Å². The van der Waals surface area contributed by atoms with Crippen LogP contribution >= 0.6 is 0 Å². The second-order valence-electron chi connectivity index (χ2n) is 3.08. The Kier molecular flexibility index (Phi) is 3.28. The lowest BCUT2D eigenvalue weighted by Gasteiger charge is -2.12. The third-order valence-corrected chi connectivity index (χ3v) is 3.87. The summed E-state index contributed by atoms with van der Waals surface area (Å²) in [5.41, 5.74) is 0. The summed E-state index contributed by atoms with van der Waals surface area (Å²) in [5.74, 6) is 0.547. The van der Waals surface area contributed by atoms with Crippen molar-refractivity contribution in [3.63, 3.8) is 0 Å². The maximum absolute atomic E-state index is 11.6. The Balaban J connectivity index is 2.96. The minimum Gasteiger partial charge on any atom is -0.337 e. The zero-order valence-corrected chi connectivity index (χ0v) is 9.37. The first-order chi connectivity index (χ1) is 6.49. The van der Waals surface area contributed by atoms with Crippen molar-refractivity contribution in [3.05, 3.63) is 18.2 Å². The van der Waals surface area contributed by atoms with Gasteiger partial charge in [0.1, 0.15) is 11.1 Å². The summed E-state index contributed by atoms with van der Waals surface area (Å²) in [7, 11) is -1.51. The maximum Gasteiger partial charge on any atom is 0.221 e. The average molecular weight is 217 g/mol. The summed E-state index contributed by atoms with van der Waals surface area (Å²) in [6, 6.07) is 0. The van der Waals surface area contributed by atoms with Gasteiger partial charge in [0.25, 0.3) is 0 Å². The van der Waals surface area contributed by atoms with Crippen LogP contribution in [0.15, 0.2) is 12.4 Å². The molecule has 0 aromatic carbocycles. The van der Waals surface area contributed by atoms with Crippen LogP contribution in [0.3, 0.4) is 0 Å². The molecule has 1 aromatic rings. The van der Waals surface area contributed by atoms with Crippen LogP contribution in [0.4, 0.5) is 0 Å². The van der Waals surface area contributed by atoms with Crippen LogP contribution in [0, 0.1) is 0 Å². The number of hydrogen-bond acceptors (Lipinski definition) is 3. The van der Waals surface area contributed by atoms with Gasteiger partial charge in [-0.15, -0.1) is 0 Å². The van der Waals surface area contributed by atoms with Gasteiger partial charge in [-0.05, 0) is 6.92 Å². The van der Waals surface area contributed by atoms with Crippen LogP contribution in [0.1, 0.15) is 24.9 Å². The number of aryl methyl sites for hydroxylation is 1. The predicted octanol–water partition coefficient (Wildman–Crippen LogP) is 0.420. The van der Waals surface area contributed by atoms with E-state index in [9.17, 15) is 8.42 Å². The van der Waals surface area contributed by atoms with E-state index in [0.717, 1.165) is 0 Å². The molecule has 1 rings (SSSR count). The number of hydrogen-bond donors (Lipinski definition) is 1. The SMILES string of the molecule is CCNS(=O)(=O)C(C)c1nccn1C. The van der Waals surface area contributed by atoms with E-state index in [1.54, 1.807) is 37.9 Å². The summed E-state index contributed by atoms with van der Waals surface area (Å²) in [4.78, 5) is 4.01. The Hall–Kier alpha value is -0.880. The van der Waals surface area contributed by atoms with Crippen LogP contribution in [0.5, 0.6) is 0 Å². The van der Waals surface area contributed by atoms with Crippen molar-refractivity contribution in [2.24, 2.45) is 7.05 Å². The second-order valence-corrected chi connectivity index (χ2v) is 5.17. The fourth-order valence-electron chi connectivity index (χ4n) is 1.23. The lowest BCUT2D eigenvalue weighted by atomic mass is 10.4. The molecule has 1 N–H and O–H groups in total. The largest absolute Gasteiger partial charge is 0.337 e. The van der Waals surface area contributed by atoms with Crippen LogP contribution in [0.25, 0.3) is 0 Å². The monoisotopic (exact) mass is 217 g/mol. The molecule has 14 heavy (non-hydrogen) atoms. The first-order valence-electron chi connectivity index (χ1n) is 4.44. The Morgan fingerprint density at radius 1 is 1.64 bits per heavy atom. The molecular weight excluding hydrogens is 202 g/mol. The Labute approximate surface area is 84.2 Å². The molecule has 0 radical (unpaired) electrons. The van der Waals surface area contributed by atoms with Crippen LogP contribution < -0.4 is 4.72 Å². The van der Waals surface area contributed by atoms with Gasteiger partial charge in [0, 0.05) is 26.0 Å². The maximum atomic E-state index is 11.6. The predicted molar refractivity (Wildman–Crippen MR) is 54.2 cm³/mol. The second kappa shape index (κ2) is 4.10. The Morgan fingerprint density at radius 3 is 2.71 bits per heavy atom. The van der Waals surface area contributed by atoms with Crippen molar-refractivity contribution in [1.29, 1.82) is 0 Å². The lowest BCUT2D eigenvalue weighted by Crippen LogP contribution is -2.28. The zero-order valence-electron chi connectivity index (χ0n) is 8.56. The smallest absolute Gasteiger partial charge is 0.221 e. The molecule has 1 unspecified atom stereocenters. The summed E-state index contributed by atoms with van der Waals surface area (Å²) >= 11 is 0. The van der Waals surface area contributed by atoms with E-state index in [-0.39, 0.29) is 0 Å². The Bertz CT molecular complexity index is 396. The number of nitrogens with one attached hydrogen (secondary N) is 1. The van der Waals surface area contributed by atoms with Crippen molar-refractivity contribution < 1.29 is 8.42 Å². The van der Waals surface area contributed by atoms with Crippen molar-refractivity contribution >= 4 is 10.0 Å². The number of sulfonamides is 1. The normalized spacial score (nSPS) is 14.2. The average Bonchev–Trinajstić information content (AvgIpc) is 2.50. The third-order valence-electron chi connectivity index (χ3n) is 2.03. The molecule has 1 aromatic heterocycles. The standard InChI is InChI=1S/C8H15N3O2S/c1-4-10-14(12,13)7(2)8-9-5-6-11(8)3/h5-7,10H,4H2,1-3H3. The molecule has 0 saturated heterocycles. The highest BCUT2D eigenvalue weighted by Crippen LogP contribution is 2.17. The quantitative estimate of drug-likeness (QED) is 0.795. The highest BCUT2D eigenvalue weighted by atomic mass is 32.2. The van der Waals surface area contributed by atoms with E-state index in [2.05, 4.69) is 9.71 Å².